The molecule has 0 atom stereocenters. The molecule has 0 amide bonds. The SMILES string of the molecule is c1ccc(-c2cccc(-c3cccc(-c4nc(-c5ccccc5)nc(-c5cccc6c5c5ccccc5n6-c5ccccc5)n4)c3)c2)cc1. The molecule has 0 fully saturated rings. The van der Waals surface area contributed by atoms with Crippen molar-refractivity contribution in [2.45, 2.75) is 0 Å². The second-order valence-corrected chi connectivity index (χ2v) is 12.1. The molecule has 4 heteroatoms. The predicted octanol–water partition coefficient (Wildman–Crippen LogP) is 11.3. The van der Waals surface area contributed by atoms with Crippen LogP contribution in [0.25, 0.3) is 83.9 Å². The number of benzene rings is 7. The summed E-state index contributed by atoms with van der Waals surface area (Å²) >= 11 is 0. The van der Waals surface area contributed by atoms with Crippen LogP contribution in [-0.2, 0) is 0 Å². The second-order valence-electron chi connectivity index (χ2n) is 12.1. The van der Waals surface area contributed by atoms with Gasteiger partial charge in [0.15, 0.2) is 17.5 Å². The Morgan fingerprint density at radius 3 is 1.51 bits per heavy atom. The average Bonchev–Trinajstić information content (AvgIpc) is 3.53. The smallest absolute Gasteiger partial charge is 0.164 e. The van der Waals surface area contributed by atoms with Crippen molar-refractivity contribution in [3.63, 3.8) is 0 Å². The Labute approximate surface area is 284 Å². The maximum atomic E-state index is 5.21. The van der Waals surface area contributed by atoms with E-state index in [0.29, 0.717) is 17.5 Å². The van der Waals surface area contributed by atoms with Crippen molar-refractivity contribution in [2.75, 3.05) is 0 Å². The molecule has 2 aromatic heterocycles. The van der Waals surface area contributed by atoms with Gasteiger partial charge in [-0.2, -0.15) is 0 Å². The van der Waals surface area contributed by atoms with Gasteiger partial charge in [-0.1, -0.05) is 146 Å². The summed E-state index contributed by atoms with van der Waals surface area (Å²) < 4.78 is 2.32. The Kier molecular flexibility index (Phi) is 7.10. The Balaban J connectivity index is 1.24. The number of rotatable bonds is 6. The fourth-order valence-electron chi connectivity index (χ4n) is 6.75. The van der Waals surface area contributed by atoms with Gasteiger partial charge in [-0.25, -0.2) is 15.0 Å². The van der Waals surface area contributed by atoms with Crippen LogP contribution in [0.3, 0.4) is 0 Å². The largest absolute Gasteiger partial charge is 0.309 e. The van der Waals surface area contributed by atoms with Gasteiger partial charge in [0, 0.05) is 33.2 Å². The first-order valence-electron chi connectivity index (χ1n) is 16.5. The molecule has 4 nitrogen and oxygen atoms in total. The first-order valence-corrected chi connectivity index (χ1v) is 16.5. The highest BCUT2D eigenvalue weighted by Gasteiger charge is 2.19. The molecule has 0 aliphatic carbocycles. The summed E-state index contributed by atoms with van der Waals surface area (Å²) in [6.45, 7) is 0. The molecule has 7 aromatic carbocycles. The van der Waals surface area contributed by atoms with Crippen LogP contribution in [0, 0.1) is 0 Å². The van der Waals surface area contributed by atoms with Gasteiger partial charge in [0.05, 0.1) is 11.0 Å². The summed E-state index contributed by atoms with van der Waals surface area (Å²) in [5, 5.41) is 2.27. The van der Waals surface area contributed by atoms with Gasteiger partial charge in [-0.05, 0) is 58.7 Å². The lowest BCUT2D eigenvalue weighted by Crippen LogP contribution is -2.00. The number of fused-ring (bicyclic) bond motifs is 3. The molecule has 230 valence electrons. The standard InChI is InChI=1S/C45H30N4/c1-4-15-31(16-5-1)33-19-12-20-34(29-33)35-21-13-22-36(30-35)44-46-43(32-17-6-2-7-18-32)47-45(48-44)39-26-14-28-41-42(39)38-25-10-11-27-40(38)49(41)37-23-8-3-9-24-37/h1-30H. The lowest BCUT2D eigenvalue weighted by Gasteiger charge is -2.11. The second kappa shape index (κ2) is 12.2. The van der Waals surface area contributed by atoms with Crippen LogP contribution >= 0.6 is 0 Å². The van der Waals surface area contributed by atoms with Gasteiger partial charge >= 0.3 is 0 Å². The molecule has 0 radical (unpaired) electrons. The molecule has 0 aliphatic heterocycles. The van der Waals surface area contributed by atoms with Crippen LogP contribution < -0.4 is 0 Å². The van der Waals surface area contributed by atoms with Crippen LogP contribution in [0.15, 0.2) is 182 Å². The zero-order valence-corrected chi connectivity index (χ0v) is 26.6. The lowest BCUT2D eigenvalue weighted by atomic mass is 9.98. The van der Waals surface area contributed by atoms with E-state index in [1.807, 2.05) is 24.3 Å². The van der Waals surface area contributed by atoms with Gasteiger partial charge in [-0.15, -0.1) is 0 Å². The summed E-state index contributed by atoms with van der Waals surface area (Å²) in [6.07, 6.45) is 0. The topological polar surface area (TPSA) is 43.6 Å². The Morgan fingerprint density at radius 1 is 0.327 bits per heavy atom. The molecule has 0 spiro atoms. The van der Waals surface area contributed by atoms with Crippen LogP contribution in [0.5, 0.6) is 0 Å². The molecular weight excluding hydrogens is 597 g/mol. The Hall–Kier alpha value is -6.65. The van der Waals surface area contributed by atoms with Crippen molar-refractivity contribution < 1.29 is 0 Å². The minimum absolute atomic E-state index is 0.633. The maximum absolute atomic E-state index is 5.21. The minimum atomic E-state index is 0.633. The highest BCUT2D eigenvalue weighted by molar-refractivity contribution is 6.15. The monoisotopic (exact) mass is 626 g/mol. The van der Waals surface area contributed by atoms with Gasteiger partial charge in [0.25, 0.3) is 0 Å². The third-order valence-corrected chi connectivity index (χ3v) is 9.04. The zero-order chi connectivity index (χ0) is 32.6. The summed E-state index contributed by atoms with van der Waals surface area (Å²) in [4.78, 5) is 15.4. The minimum Gasteiger partial charge on any atom is -0.309 e. The van der Waals surface area contributed by atoms with Crippen molar-refractivity contribution >= 4 is 21.8 Å². The highest BCUT2D eigenvalue weighted by atomic mass is 15.0. The lowest BCUT2D eigenvalue weighted by molar-refractivity contribution is 1.08. The van der Waals surface area contributed by atoms with Gasteiger partial charge in [0.2, 0.25) is 0 Å². The van der Waals surface area contributed by atoms with E-state index in [9.17, 15) is 0 Å². The van der Waals surface area contributed by atoms with Gasteiger partial charge < -0.3 is 4.57 Å². The Morgan fingerprint density at radius 2 is 0.796 bits per heavy atom. The molecule has 0 aliphatic rings. The number of hydrogen-bond acceptors (Lipinski definition) is 3. The molecule has 0 saturated heterocycles. The van der Waals surface area contributed by atoms with Crippen molar-refractivity contribution in [2.24, 2.45) is 0 Å². The fraction of sp³-hybridized carbons (Fsp3) is 0. The van der Waals surface area contributed by atoms with Gasteiger partial charge in [0.1, 0.15) is 0 Å². The van der Waals surface area contributed by atoms with E-state index in [0.717, 1.165) is 55.3 Å². The van der Waals surface area contributed by atoms with E-state index in [2.05, 4.69) is 162 Å². The van der Waals surface area contributed by atoms with E-state index in [1.54, 1.807) is 0 Å². The van der Waals surface area contributed by atoms with E-state index in [-0.39, 0.29) is 0 Å². The number of para-hydroxylation sites is 2. The average molecular weight is 627 g/mol. The predicted molar refractivity (Wildman–Crippen MR) is 201 cm³/mol. The first kappa shape index (κ1) is 28.6. The Bertz CT molecular complexity index is 2590. The van der Waals surface area contributed by atoms with Crippen molar-refractivity contribution in [1.29, 1.82) is 0 Å². The molecule has 0 unspecified atom stereocenters. The van der Waals surface area contributed by atoms with E-state index >= 15 is 0 Å². The summed E-state index contributed by atoms with van der Waals surface area (Å²) in [6, 6.07) is 63.3. The molecule has 2 heterocycles. The third kappa shape index (κ3) is 5.26. The van der Waals surface area contributed by atoms with E-state index in [4.69, 9.17) is 15.0 Å². The zero-order valence-electron chi connectivity index (χ0n) is 26.6. The normalized spacial score (nSPS) is 11.3. The first-order chi connectivity index (χ1) is 24.3. The van der Waals surface area contributed by atoms with E-state index < -0.39 is 0 Å². The maximum Gasteiger partial charge on any atom is 0.164 e. The number of aromatic nitrogens is 4. The van der Waals surface area contributed by atoms with Crippen molar-refractivity contribution in [3.05, 3.63) is 182 Å². The molecule has 0 bridgehead atoms. The molecule has 0 N–H and O–H groups in total. The summed E-state index contributed by atoms with van der Waals surface area (Å²) in [5.41, 5.74) is 10.8. The molecule has 49 heavy (non-hydrogen) atoms. The fourth-order valence-corrected chi connectivity index (χ4v) is 6.75. The van der Waals surface area contributed by atoms with Crippen molar-refractivity contribution in [3.8, 4) is 62.1 Å². The molecule has 9 rings (SSSR count). The third-order valence-electron chi connectivity index (χ3n) is 9.04. The van der Waals surface area contributed by atoms with Crippen LogP contribution in [-0.4, -0.2) is 19.5 Å². The summed E-state index contributed by atoms with van der Waals surface area (Å²) in [7, 11) is 0. The quantitative estimate of drug-likeness (QED) is 0.184. The highest BCUT2D eigenvalue weighted by Crippen LogP contribution is 2.38. The molecular formula is C45H30N4. The molecule has 9 aromatic rings. The van der Waals surface area contributed by atoms with Crippen molar-refractivity contribution in [1.82, 2.24) is 19.5 Å². The van der Waals surface area contributed by atoms with Crippen LogP contribution in [0.4, 0.5) is 0 Å². The number of nitrogens with zero attached hydrogens (tertiary/aromatic N) is 4. The molecule has 0 saturated carbocycles. The van der Waals surface area contributed by atoms with Gasteiger partial charge in [-0.3, -0.25) is 0 Å². The van der Waals surface area contributed by atoms with Crippen LogP contribution in [0.2, 0.25) is 0 Å². The van der Waals surface area contributed by atoms with Crippen LogP contribution in [0.1, 0.15) is 0 Å². The number of hydrogen-bond donors (Lipinski definition) is 0. The van der Waals surface area contributed by atoms with E-state index in [1.165, 1.54) is 11.1 Å². The summed E-state index contributed by atoms with van der Waals surface area (Å²) in [5.74, 6) is 1.91.